The van der Waals surface area contributed by atoms with E-state index in [9.17, 15) is 4.79 Å². The van der Waals surface area contributed by atoms with Gasteiger partial charge in [-0.2, -0.15) is 0 Å². The molecular formula is C14H16ClNO4. The molecular weight excluding hydrogens is 282 g/mol. The van der Waals surface area contributed by atoms with Crippen LogP contribution in [0, 0.1) is 5.92 Å². The summed E-state index contributed by atoms with van der Waals surface area (Å²) in [5.74, 6) is 1.04. The van der Waals surface area contributed by atoms with Gasteiger partial charge in [0, 0.05) is 13.1 Å². The van der Waals surface area contributed by atoms with E-state index in [-0.39, 0.29) is 13.3 Å². The van der Waals surface area contributed by atoms with Gasteiger partial charge in [0.05, 0.1) is 11.6 Å². The summed E-state index contributed by atoms with van der Waals surface area (Å²) in [5, 5.41) is 9.50. The van der Waals surface area contributed by atoms with Crippen LogP contribution in [0.3, 0.4) is 0 Å². The van der Waals surface area contributed by atoms with Crippen molar-refractivity contribution in [2.45, 2.75) is 19.4 Å². The molecule has 1 aliphatic heterocycles. The molecule has 1 N–H and O–H groups in total. The van der Waals surface area contributed by atoms with Crippen LogP contribution >= 0.6 is 11.6 Å². The zero-order chi connectivity index (χ0) is 14.1. The van der Waals surface area contributed by atoms with Crippen LogP contribution in [0.2, 0.25) is 5.02 Å². The molecule has 0 aromatic heterocycles. The molecule has 3 rings (SSSR count). The fourth-order valence-electron chi connectivity index (χ4n) is 2.41. The number of nitrogens with zero attached hydrogens (tertiary/aromatic N) is 1. The quantitative estimate of drug-likeness (QED) is 0.873. The highest BCUT2D eigenvalue weighted by atomic mass is 35.5. The van der Waals surface area contributed by atoms with Crippen molar-refractivity contribution in [3.63, 3.8) is 0 Å². The molecule has 0 bridgehead atoms. The van der Waals surface area contributed by atoms with Gasteiger partial charge in [-0.25, -0.2) is 0 Å². The molecule has 0 radical (unpaired) electrons. The first-order valence-electron chi connectivity index (χ1n) is 6.64. The van der Waals surface area contributed by atoms with Gasteiger partial charge < -0.3 is 14.6 Å². The van der Waals surface area contributed by atoms with Gasteiger partial charge in [-0.15, -0.1) is 0 Å². The lowest BCUT2D eigenvalue weighted by Gasteiger charge is -2.20. The molecule has 108 valence electrons. The Labute approximate surface area is 122 Å². The lowest BCUT2D eigenvalue weighted by atomic mass is 10.1. The number of fused-ring (bicyclic) bond motifs is 1. The smallest absolute Gasteiger partial charge is 0.317 e. The molecule has 5 nitrogen and oxygen atoms in total. The highest BCUT2D eigenvalue weighted by Crippen LogP contribution is 2.40. The van der Waals surface area contributed by atoms with Crippen LogP contribution in [-0.4, -0.2) is 35.9 Å². The highest BCUT2D eigenvalue weighted by Gasteiger charge is 2.26. The van der Waals surface area contributed by atoms with Crippen molar-refractivity contribution in [3.05, 3.63) is 22.7 Å². The number of hydrogen-bond donors (Lipinski definition) is 1. The molecule has 20 heavy (non-hydrogen) atoms. The number of carboxylic acid groups (broad SMARTS) is 1. The Hall–Kier alpha value is -1.46. The van der Waals surface area contributed by atoms with Gasteiger partial charge in [0.2, 0.25) is 6.79 Å². The monoisotopic (exact) mass is 297 g/mol. The third-order valence-electron chi connectivity index (χ3n) is 3.47. The third-order valence-corrected chi connectivity index (χ3v) is 3.75. The Kier molecular flexibility index (Phi) is 3.72. The van der Waals surface area contributed by atoms with Crippen molar-refractivity contribution in [1.82, 2.24) is 4.90 Å². The Balaban J connectivity index is 1.73. The van der Waals surface area contributed by atoms with Crippen LogP contribution in [0.5, 0.6) is 11.5 Å². The first-order chi connectivity index (χ1) is 9.61. The van der Waals surface area contributed by atoms with Crippen molar-refractivity contribution >= 4 is 17.6 Å². The summed E-state index contributed by atoms with van der Waals surface area (Å²) in [6.45, 7) is 1.60. The standard InChI is InChI=1S/C14H16ClNO4/c15-11-3-10(4-12-14(11)20-8-19-12)6-16(7-13(17)18)5-9-1-2-9/h3-4,9H,1-2,5-8H2,(H,17,18). The zero-order valence-electron chi connectivity index (χ0n) is 11.0. The molecule has 0 saturated heterocycles. The van der Waals surface area contributed by atoms with Crippen LogP contribution in [0.25, 0.3) is 0 Å². The number of rotatable bonds is 6. The number of carboxylic acids is 1. The van der Waals surface area contributed by atoms with Gasteiger partial charge in [-0.05, 0) is 36.5 Å². The van der Waals surface area contributed by atoms with E-state index in [4.69, 9.17) is 26.2 Å². The predicted octanol–water partition coefficient (Wildman–Crippen LogP) is 2.37. The summed E-state index contributed by atoms with van der Waals surface area (Å²) < 4.78 is 10.6. The largest absolute Gasteiger partial charge is 0.480 e. The molecule has 1 aromatic rings. The molecule has 1 saturated carbocycles. The second kappa shape index (κ2) is 5.50. The van der Waals surface area contributed by atoms with Gasteiger partial charge in [-0.1, -0.05) is 11.6 Å². The molecule has 0 spiro atoms. The summed E-state index contributed by atoms with van der Waals surface area (Å²) >= 11 is 6.14. The second-order valence-electron chi connectivity index (χ2n) is 5.32. The molecule has 1 heterocycles. The van der Waals surface area contributed by atoms with E-state index in [2.05, 4.69) is 0 Å². The third kappa shape index (κ3) is 3.16. The number of hydrogen-bond acceptors (Lipinski definition) is 4. The van der Waals surface area contributed by atoms with Crippen LogP contribution < -0.4 is 9.47 Å². The van der Waals surface area contributed by atoms with E-state index >= 15 is 0 Å². The number of benzene rings is 1. The minimum absolute atomic E-state index is 0.0442. The van der Waals surface area contributed by atoms with Gasteiger partial charge in [0.1, 0.15) is 0 Å². The first kappa shape index (κ1) is 13.5. The summed E-state index contributed by atoms with van der Waals surface area (Å²) in [7, 11) is 0. The van der Waals surface area contributed by atoms with Crippen LogP contribution in [0.15, 0.2) is 12.1 Å². The molecule has 6 heteroatoms. The van der Waals surface area contributed by atoms with E-state index in [0.717, 1.165) is 12.1 Å². The Morgan fingerprint density at radius 1 is 1.40 bits per heavy atom. The molecule has 1 aromatic carbocycles. The van der Waals surface area contributed by atoms with Gasteiger partial charge >= 0.3 is 5.97 Å². The van der Waals surface area contributed by atoms with Crippen molar-refractivity contribution in [1.29, 1.82) is 0 Å². The van der Waals surface area contributed by atoms with E-state index in [1.807, 2.05) is 17.0 Å². The normalized spacial score (nSPS) is 16.7. The van der Waals surface area contributed by atoms with E-state index in [1.54, 1.807) is 0 Å². The Morgan fingerprint density at radius 2 is 2.20 bits per heavy atom. The fraction of sp³-hybridized carbons (Fsp3) is 0.500. The maximum atomic E-state index is 10.9. The van der Waals surface area contributed by atoms with Crippen molar-refractivity contribution in [2.24, 2.45) is 5.92 Å². The number of ether oxygens (including phenoxy) is 2. The summed E-state index contributed by atoms with van der Waals surface area (Å²) in [5.41, 5.74) is 0.946. The summed E-state index contributed by atoms with van der Waals surface area (Å²) in [6, 6.07) is 3.69. The van der Waals surface area contributed by atoms with E-state index < -0.39 is 5.97 Å². The number of carbonyl (C=O) groups is 1. The zero-order valence-corrected chi connectivity index (χ0v) is 11.7. The average Bonchev–Trinajstić information content (AvgIpc) is 3.03. The molecule has 0 unspecified atom stereocenters. The molecule has 0 amide bonds. The number of aliphatic carboxylic acids is 1. The molecule has 1 aliphatic carbocycles. The topological polar surface area (TPSA) is 59.0 Å². The number of halogens is 1. The van der Waals surface area contributed by atoms with E-state index in [1.165, 1.54) is 12.8 Å². The van der Waals surface area contributed by atoms with Crippen LogP contribution in [0.1, 0.15) is 18.4 Å². The Bertz CT molecular complexity index is 530. The maximum absolute atomic E-state index is 10.9. The Morgan fingerprint density at radius 3 is 2.90 bits per heavy atom. The van der Waals surface area contributed by atoms with Gasteiger partial charge in [-0.3, -0.25) is 9.69 Å². The maximum Gasteiger partial charge on any atom is 0.317 e. The van der Waals surface area contributed by atoms with E-state index in [0.29, 0.717) is 29.0 Å². The first-order valence-corrected chi connectivity index (χ1v) is 7.02. The average molecular weight is 298 g/mol. The molecule has 1 fully saturated rings. The fourth-order valence-corrected chi connectivity index (χ4v) is 2.70. The molecule has 2 aliphatic rings. The minimum Gasteiger partial charge on any atom is -0.480 e. The van der Waals surface area contributed by atoms with Crippen molar-refractivity contribution in [3.8, 4) is 11.5 Å². The lowest BCUT2D eigenvalue weighted by Crippen LogP contribution is -2.31. The van der Waals surface area contributed by atoms with Gasteiger partial charge in [0.15, 0.2) is 11.5 Å². The van der Waals surface area contributed by atoms with Crippen molar-refractivity contribution in [2.75, 3.05) is 19.9 Å². The molecule has 0 atom stereocenters. The lowest BCUT2D eigenvalue weighted by molar-refractivity contribution is -0.138. The SMILES string of the molecule is O=C(O)CN(Cc1cc(Cl)c2c(c1)OCO2)CC1CC1. The predicted molar refractivity (Wildman–Crippen MR) is 73.2 cm³/mol. The highest BCUT2D eigenvalue weighted by molar-refractivity contribution is 6.32. The minimum atomic E-state index is -0.808. The van der Waals surface area contributed by atoms with Crippen LogP contribution in [-0.2, 0) is 11.3 Å². The second-order valence-corrected chi connectivity index (χ2v) is 5.73. The van der Waals surface area contributed by atoms with Gasteiger partial charge in [0.25, 0.3) is 0 Å². The van der Waals surface area contributed by atoms with Crippen molar-refractivity contribution < 1.29 is 19.4 Å². The summed E-state index contributed by atoms with van der Waals surface area (Å²) in [4.78, 5) is 12.9. The van der Waals surface area contributed by atoms with Crippen LogP contribution in [0.4, 0.5) is 0 Å². The summed E-state index contributed by atoms with van der Waals surface area (Å²) in [6.07, 6.45) is 2.38.